The van der Waals surface area contributed by atoms with E-state index < -0.39 is 0 Å². The summed E-state index contributed by atoms with van der Waals surface area (Å²) in [6, 6.07) is 0. The van der Waals surface area contributed by atoms with E-state index >= 15 is 0 Å². The average molecular weight is 287 g/mol. The van der Waals surface area contributed by atoms with E-state index in [9.17, 15) is 0 Å². The van der Waals surface area contributed by atoms with Gasteiger partial charge in [0.25, 0.3) is 0 Å². The highest BCUT2D eigenvalue weighted by atomic mass is 16.5. The topological polar surface area (TPSA) is 36.9 Å². The molecule has 0 aromatic rings. The Bertz CT molecular complexity index is 227. The lowest BCUT2D eigenvalue weighted by Gasteiger charge is -2.29. The number of hydrogen-bond acceptors (Lipinski definition) is 1. The van der Waals surface area contributed by atoms with E-state index in [2.05, 4.69) is 40.4 Å². The normalized spacial score (nSPS) is 19.4. The Balaban J connectivity index is 4.25. The van der Waals surface area contributed by atoms with Gasteiger partial charge < -0.3 is 10.5 Å². The van der Waals surface area contributed by atoms with Gasteiger partial charge in [0, 0.05) is 20.0 Å². The van der Waals surface area contributed by atoms with Crippen LogP contribution >= 0.6 is 0 Å². The monoisotopic (exact) mass is 286 g/mol. The zero-order valence-electron chi connectivity index (χ0n) is 15.0. The molecule has 0 amide bonds. The van der Waals surface area contributed by atoms with Gasteiger partial charge in [-0.1, -0.05) is 53.4 Å². The Labute approximate surface area is 127 Å². The number of hydrogen-bond donors (Lipinski definition) is 1. The van der Waals surface area contributed by atoms with Gasteiger partial charge in [-0.25, -0.2) is 0 Å². The quantitative estimate of drug-likeness (QED) is 0.566. The fraction of sp³-hybridized carbons (Fsp3) is 1.00. The second-order valence-electron chi connectivity index (χ2n) is 7.31. The van der Waals surface area contributed by atoms with Crippen LogP contribution in [0.5, 0.6) is 0 Å². The lowest BCUT2D eigenvalue weighted by atomic mass is 9.82. The minimum atomic E-state index is 0.170. The highest BCUT2D eigenvalue weighted by Crippen LogP contribution is 2.26. The molecule has 0 spiro atoms. The van der Waals surface area contributed by atoms with Crippen molar-refractivity contribution in [2.45, 2.75) is 97.6 Å². The smallest absolute Gasteiger partial charge is 0.0942 e. The average Bonchev–Trinajstić information content (AvgIpc) is 2.41. The summed E-state index contributed by atoms with van der Waals surface area (Å²) >= 11 is 0. The number of quaternary nitrogens is 1. The van der Waals surface area contributed by atoms with Crippen molar-refractivity contribution in [3.8, 4) is 0 Å². The van der Waals surface area contributed by atoms with E-state index in [4.69, 9.17) is 4.74 Å². The van der Waals surface area contributed by atoms with Gasteiger partial charge in [0.15, 0.2) is 0 Å². The molecule has 0 bridgehead atoms. The molecule has 0 heterocycles. The van der Waals surface area contributed by atoms with Crippen LogP contribution in [0.1, 0.15) is 86.0 Å². The Morgan fingerprint density at radius 1 is 1.05 bits per heavy atom. The van der Waals surface area contributed by atoms with Crippen molar-refractivity contribution in [2.24, 2.45) is 11.8 Å². The largest absolute Gasteiger partial charge is 0.381 e. The van der Waals surface area contributed by atoms with Crippen LogP contribution in [0.2, 0.25) is 0 Å². The van der Waals surface area contributed by atoms with Gasteiger partial charge in [-0.3, -0.25) is 0 Å². The van der Waals surface area contributed by atoms with Crippen LogP contribution in [0.4, 0.5) is 0 Å². The van der Waals surface area contributed by atoms with Crippen LogP contribution in [0.3, 0.4) is 0 Å². The molecule has 0 radical (unpaired) electrons. The lowest BCUT2D eigenvalue weighted by Crippen LogP contribution is -2.71. The summed E-state index contributed by atoms with van der Waals surface area (Å²) < 4.78 is 5.75. The van der Waals surface area contributed by atoms with E-state index in [0.29, 0.717) is 6.10 Å². The standard InChI is InChI=1S/C18H39NO/c1-7-9-11-15(3)16(4)13-17(20-6)14-18(5,19)12-10-8-2/h15-17H,7-14,19H2,1-6H3/p+1. The Morgan fingerprint density at radius 2 is 1.65 bits per heavy atom. The first-order chi connectivity index (χ1) is 9.36. The van der Waals surface area contributed by atoms with Crippen molar-refractivity contribution in [3.05, 3.63) is 0 Å². The molecule has 0 aromatic heterocycles. The van der Waals surface area contributed by atoms with Gasteiger partial charge in [0.05, 0.1) is 11.6 Å². The maximum absolute atomic E-state index is 5.75. The van der Waals surface area contributed by atoms with E-state index in [0.717, 1.165) is 18.3 Å². The fourth-order valence-corrected chi connectivity index (χ4v) is 2.98. The molecule has 0 saturated carbocycles. The maximum Gasteiger partial charge on any atom is 0.0942 e. The van der Waals surface area contributed by atoms with Crippen molar-refractivity contribution in [1.29, 1.82) is 0 Å². The Hall–Kier alpha value is -0.0800. The molecule has 0 aliphatic rings. The third-order valence-corrected chi connectivity index (χ3v) is 4.81. The molecule has 122 valence electrons. The zero-order chi connectivity index (χ0) is 15.6. The summed E-state index contributed by atoms with van der Waals surface area (Å²) in [6.07, 6.45) is 10.4. The van der Waals surface area contributed by atoms with Crippen LogP contribution in [0.15, 0.2) is 0 Å². The summed E-state index contributed by atoms with van der Waals surface area (Å²) in [4.78, 5) is 0. The first-order valence-corrected chi connectivity index (χ1v) is 8.74. The van der Waals surface area contributed by atoms with Gasteiger partial charge in [-0.2, -0.15) is 0 Å². The van der Waals surface area contributed by atoms with Crippen molar-refractivity contribution >= 4 is 0 Å². The summed E-state index contributed by atoms with van der Waals surface area (Å²) in [5.41, 5.74) is 4.59. The van der Waals surface area contributed by atoms with Crippen molar-refractivity contribution in [1.82, 2.24) is 0 Å². The lowest BCUT2D eigenvalue weighted by molar-refractivity contribution is -0.478. The van der Waals surface area contributed by atoms with E-state index in [-0.39, 0.29) is 5.54 Å². The van der Waals surface area contributed by atoms with Crippen LogP contribution in [0.25, 0.3) is 0 Å². The molecule has 0 rings (SSSR count). The van der Waals surface area contributed by atoms with E-state index in [1.165, 1.54) is 44.9 Å². The summed E-state index contributed by atoms with van der Waals surface area (Å²) in [7, 11) is 1.87. The SMILES string of the molecule is CCCCC(C)C(C)CC(CC(C)([NH3+])CCCC)OC. The molecule has 3 N–H and O–H groups in total. The molecular formula is C18H40NO+. The summed E-state index contributed by atoms with van der Waals surface area (Å²) in [5.74, 6) is 1.55. The molecule has 20 heavy (non-hydrogen) atoms. The van der Waals surface area contributed by atoms with Crippen LogP contribution < -0.4 is 5.73 Å². The first kappa shape index (κ1) is 19.9. The molecule has 4 atom stereocenters. The second kappa shape index (κ2) is 10.6. The van der Waals surface area contributed by atoms with Crippen molar-refractivity contribution < 1.29 is 10.5 Å². The van der Waals surface area contributed by atoms with Crippen LogP contribution in [-0.4, -0.2) is 18.8 Å². The highest BCUT2D eigenvalue weighted by molar-refractivity contribution is 4.78. The third-order valence-electron chi connectivity index (χ3n) is 4.81. The molecule has 0 fully saturated rings. The van der Waals surface area contributed by atoms with Crippen LogP contribution in [0, 0.1) is 11.8 Å². The predicted octanol–water partition coefficient (Wildman–Crippen LogP) is 4.43. The van der Waals surface area contributed by atoms with E-state index in [1.807, 2.05) is 7.11 Å². The van der Waals surface area contributed by atoms with Gasteiger partial charge in [-0.05, 0) is 31.6 Å². The number of rotatable bonds is 12. The minimum Gasteiger partial charge on any atom is -0.381 e. The minimum absolute atomic E-state index is 0.170. The van der Waals surface area contributed by atoms with Gasteiger partial charge in [0.2, 0.25) is 0 Å². The molecule has 2 nitrogen and oxygen atoms in total. The van der Waals surface area contributed by atoms with Crippen molar-refractivity contribution in [2.75, 3.05) is 7.11 Å². The fourth-order valence-electron chi connectivity index (χ4n) is 2.98. The summed E-state index contributed by atoms with van der Waals surface area (Å²) in [6.45, 7) is 11.6. The molecule has 0 aliphatic carbocycles. The molecule has 0 aromatic carbocycles. The predicted molar refractivity (Wildman–Crippen MR) is 88.7 cm³/mol. The van der Waals surface area contributed by atoms with Gasteiger partial charge in [0.1, 0.15) is 0 Å². The molecule has 2 heteroatoms. The zero-order valence-corrected chi connectivity index (χ0v) is 15.0. The number of unbranched alkanes of at least 4 members (excludes halogenated alkanes) is 2. The molecular weight excluding hydrogens is 246 g/mol. The van der Waals surface area contributed by atoms with Crippen LogP contribution in [-0.2, 0) is 4.74 Å². The first-order valence-electron chi connectivity index (χ1n) is 8.74. The third kappa shape index (κ3) is 8.97. The number of ether oxygens (including phenoxy) is 1. The highest BCUT2D eigenvalue weighted by Gasteiger charge is 2.28. The van der Waals surface area contributed by atoms with Gasteiger partial charge >= 0.3 is 0 Å². The molecule has 0 aliphatic heterocycles. The molecule has 0 saturated heterocycles. The number of methoxy groups -OCH3 is 1. The van der Waals surface area contributed by atoms with Crippen molar-refractivity contribution in [3.63, 3.8) is 0 Å². The van der Waals surface area contributed by atoms with E-state index in [1.54, 1.807) is 0 Å². The Kier molecular flexibility index (Phi) is 10.6. The van der Waals surface area contributed by atoms with Gasteiger partial charge in [-0.15, -0.1) is 0 Å². The Morgan fingerprint density at radius 3 is 2.15 bits per heavy atom. The second-order valence-corrected chi connectivity index (χ2v) is 7.31. The maximum atomic E-state index is 5.75. The molecule has 4 unspecified atom stereocenters. The summed E-state index contributed by atoms with van der Waals surface area (Å²) in [5, 5.41) is 0.